The smallest absolute Gasteiger partial charge is 0.317 e. The molecular weight excluding hydrogens is 345 g/mol. The topological polar surface area (TPSA) is 54.3 Å². The summed E-state index contributed by atoms with van der Waals surface area (Å²) in [5, 5.41) is 2.57. The molecule has 1 saturated heterocycles. The molecular formula is C21H16FN3O2. The number of hydrogen-bond donors (Lipinski definition) is 1. The highest BCUT2D eigenvalue weighted by Crippen LogP contribution is 2.20. The number of carbonyl (C=O) groups is 2. The van der Waals surface area contributed by atoms with Crippen molar-refractivity contribution in [1.82, 2.24) is 14.8 Å². The lowest BCUT2D eigenvalue weighted by molar-refractivity contribution is -0.123. The molecule has 0 radical (unpaired) electrons. The Morgan fingerprint density at radius 3 is 2.44 bits per heavy atom. The van der Waals surface area contributed by atoms with Gasteiger partial charge in [0.05, 0.1) is 6.54 Å². The van der Waals surface area contributed by atoms with Crippen molar-refractivity contribution >= 4 is 18.0 Å². The van der Waals surface area contributed by atoms with Crippen molar-refractivity contribution in [2.45, 2.75) is 6.54 Å². The monoisotopic (exact) mass is 361 g/mol. The highest BCUT2D eigenvalue weighted by atomic mass is 19.1. The number of urea groups is 1. The van der Waals surface area contributed by atoms with E-state index in [9.17, 15) is 14.0 Å². The highest BCUT2D eigenvalue weighted by Gasteiger charge is 2.34. The van der Waals surface area contributed by atoms with Crippen molar-refractivity contribution in [3.05, 3.63) is 95.7 Å². The molecule has 3 amide bonds. The molecule has 6 heteroatoms. The summed E-state index contributed by atoms with van der Waals surface area (Å²) in [4.78, 5) is 25.9. The Kier molecular flexibility index (Phi) is 4.30. The lowest BCUT2D eigenvalue weighted by Crippen LogP contribution is -2.30. The van der Waals surface area contributed by atoms with Crippen LogP contribution >= 0.6 is 0 Å². The molecule has 0 spiro atoms. The van der Waals surface area contributed by atoms with Crippen LogP contribution in [-0.2, 0) is 11.3 Å². The number of hydrogen-bond acceptors (Lipinski definition) is 2. The van der Waals surface area contributed by atoms with Crippen molar-refractivity contribution in [2.24, 2.45) is 0 Å². The normalized spacial score (nSPS) is 15.4. The molecule has 2 heterocycles. The van der Waals surface area contributed by atoms with Crippen molar-refractivity contribution in [3.63, 3.8) is 0 Å². The summed E-state index contributed by atoms with van der Waals surface area (Å²) in [5.41, 5.74) is 2.13. The zero-order valence-electron chi connectivity index (χ0n) is 14.3. The zero-order chi connectivity index (χ0) is 18.8. The minimum Gasteiger partial charge on any atom is -0.317 e. The molecule has 0 unspecified atom stereocenters. The maximum absolute atomic E-state index is 13.9. The predicted molar refractivity (Wildman–Crippen MR) is 99.2 cm³/mol. The minimum absolute atomic E-state index is 0.117. The van der Waals surface area contributed by atoms with Crippen LogP contribution in [0.3, 0.4) is 0 Å². The van der Waals surface area contributed by atoms with Crippen LogP contribution in [0.2, 0.25) is 0 Å². The molecule has 1 aliphatic heterocycles. The molecule has 1 aromatic heterocycles. The van der Waals surface area contributed by atoms with Gasteiger partial charge in [0.1, 0.15) is 11.5 Å². The molecule has 4 rings (SSSR count). The van der Waals surface area contributed by atoms with Gasteiger partial charge < -0.3 is 9.88 Å². The lowest BCUT2D eigenvalue weighted by Gasteiger charge is -2.12. The molecule has 2 aromatic carbocycles. The minimum atomic E-state index is -0.563. The molecule has 1 aliphatic rings. The molecule has 1 N–H and O–H groups in total. The summed E-state index contributed by atoms with van der Waals surface area (Å²) < 4.78 is 15.8. The Labute approximate surface area is 155 Å². The Hall–Kier alpha value is -3.67. The largest absolute Gasteiger partial charge is 0.329 e. The zero-order valence-corrected chi connectivity index (χ0v) is 14.3. The number of imide groups is 1. The summed E-state index contributed by atoms with van der Waals surface area (Å²) >= 11 is 0. The number of amides is 3. The maximum Gasteiger partial charge on any atom is 0.329 e. The first-order valence-corrected chi connectivity index (χ1v) is 8.44. The summed E-state index contributed by atoms with van der Waals surface area (Å²) in [5.74, 6) is -0.933. The van der Waals surface area contributed by atoms with Gasteiger partial charge in [0, 0.05) is 23.1 Å². The van der Waals surface area contributed by atoms with Crippen molar-refractivity contribution in [2.75, 3.05) is 0 Å². The van der Waals surface area contributed by atoms with Gasteiger partial charge in [-0.1, -0.05) is 36.4 Å². The van der Waals surface area contributed by atoms with Gasteiger partial charge in [-0.05, 0) is 36.4 Å². The van der Waals surface area contributed by atoms with Crippen LogP contribution in [0.5, 0.6) is 0 Å². The molecule has 5 nitrogen and oxygen atoms in total. The quantitative estimate of drug-likeness (QED) is 0.569. The van der Waals surface area contributed by atoms with Gasteiger partial charge in [0.2, 0.25) is 0 Å². The number of para-hydroxylation sites is 1. The fourth-order valence-corrected chi connectivity index (χ4v) is 3.00. The first-order valence-electron chi connectivity index (χ1n) is 8.44. The van der Waals surface area contributed by atoms with Gasteiger partial charge in [-0.3, -0.25) is 9.69 Å². The van der Waals surface area contributed by atoms with E-state index in [1.54, 1.807) is 24.3 Å². The van der Waals surface area contributed by atoms with Gasteiger partial charge >= 0.3 is 6.03 Å². The van der Waals surface area contributed by atoms with Crippen LogP contribution in [-0.4, -0.2) is 21.4 Å². The Balaban J connectivity index is 1.61. The third kappa shape index (κ3) is 3.25. The number of nitrogens with one attached hydrogen (secondary N) is 1. The highest BCUT2D eigenvalue weighted by molar-refractivity contribution is 6.13. The van der Waals surface area contributed by atoms with E-state index in [0.717, 1.165) is 16.3 Å². The van der Waals surface area contributed by atoms with Crippen LogP contribution in [0.4, 0.5) is 9.18 Å². The van der Waals surface area contributed by atoms with Gasteiger partial charge in [0.25, 0.3) is 5.91 Å². The van der Waals surface area contributed by atoms with Crippen LogP contribution < -0.4 is 5.32 Å². The van der Waals surface area contributed by atoms with E-state index in [2.05, 4.69) is 5.32 Å². The molecule has 134 valence electrons. The maximum atomic E-state index is 13.9. The fraction of sp³-hybridized carbons (Fsp3) is 0.0476. The summed E-state index contributed by atoms with van der Waals surface area (Å²) in [7, 11) is 0. The second kappa shape index (κ2) is 6.92. The van der Waals surface area contributed by atoms with E-state index in [0.29, 0.717) is 0 Å². The van der Waals surface area contributed by atoms with E-state index < -0.39 is 17.8 Å². The molecule has 1 fully saturated rings. The van der Waals surface area contributed by atoms with E-state index in [1.165, 1.54) is 6.07 Å². The van der Waals surface area contributed by atoms with Crippen LogP contribution in [0.1, 0.15) is 11.3 Å². The molecule has 0 bridgehead atoms. The van der Waals surface area contributed by atoms with Crippen LogP contribution in [0.15, 0.2) is 78.6 Å². The average Bonchev–Trinajstić information content (AvgIpc) is 3.24. The third-order valence-corrected chi connectivity index (χ3v) is 4.36. The molecule has 3 aromatic rings. The van der Waals surface area contributed by atoms with Gasteiger partial charge in [-0.15, -0.1) is 0 Å². The second-order valence-corrected chi connectivity index (χ2v) is 6.11. The van der Waals surface area contributed by atoms with Crippen molar-refractivity contribution < 1.29 is 14.0 Å². The third-order valence-electron chi connectivity index (χ3n) is 4.36. The number of nitrogens with zero attached hydrogens (tertiary/aromatic N) is 2. The van der Waals surface area contributed by atoms with Gasteiger partial charge in [-0.25, -0.2) is 9.18 Å². The lowest BCUT2D eigenvalue weighted by atomic mass is 10.2. The van der Waals surface area contributed by atoms with E-state index in [-0.39, 0.29) is 17.8 Å². The molecule has 0 atom stereocenters. The number of halogens is 1. The summed E-state index contributed by atoms with van der Waals surface area (Å²) in [6.45, 7) is -0.117. The molecule has 0 aliphatic carbocycles. The number of aromatic nitrogens is 1. The van der Waals surface area contributed by atoms with E-state index >= 15 is 0 Å². The Bertz CT molecular complexity index is 1040. The number of carbonyl (C=O) groups excluding carboxylic acids is 2. The number of rotatable bonds is 4. The first-order chi connectivity index (χ1) is 13.1. The van der Waals surface area contributed by atoms with Gasteiger partial charge in [-0.2, -0.15) is 0 Å². The second-order valence-electron chi connectivity index (χ2n) is 6.11. The van der Waals surface area contributed by atoms with Crippen molar-refractivity contribution in [1.29, 1.82) is 0 Å². The predicted octanol–water partition coefficient (Wildman–Crippen LogP) is 3.71. The first kappa shape index (κ1) is 16.8. The van der Waals surface area contributed by atoms with Crippen LogP contribution in [0.25, 0.3) is 11.8 Å². The molecule has 0 saturated carbocycles. The summed E-state index contributed by atoms with van der Waals surface area (Å²) in [6, 6.07) is 18.9. The van der Waals surface area contributed by atoms with E-state index in [1.807, 2.05) is 53.2 Å². The van der Waals surface area contributed by atoms with Crippen LogP contribution in [0, 0.1) is 5.82 Å². The van der Waals surface area contributed by atoms with Gasteiger partial charge in [0.15, 0.2) is 0 Å². The fourth-order valence-electron chi connectivity index (χ4n) is 3.00. The SMILES string of the molecule is O=C1N/C(=C\c2cccn2-c2ccccc2)C(=O)N1Cc1ccccc1F. The van der Waals surface area contributed by atoms with E-state index in [4.69, 9.17) is 0 Å². The standard InChI is InChI=1S/C21H16FN3O2/c22-18-11-5-4-7-15(18)14-25-20(26)19(23-21(25)27)13-17-10-6-12-24(17)16-8-2-1-3-9-16/h1-13H,14H2,(H,23,27)/b19-13-. The number of benzene rings is 2. The average molecular weight is 361 g/mol. The molecule has 27 heavy (non-hydrogen) atoms. The Morgan fingerprint density at radius 1 is 0.926 bits per heavy atom. The Morgan fingerprint density at radius 2 is 1.67 bits per heavy atom. The van der Waals surface area contributed by atoms with Crippen molar-refractivity contribution in [3.8, 4) is 5.69 Å². The summed E-state index contributed by atoms with van der Waals surface area (Å²) in [6.07, 6.45) is 3.49.